The van der Waals surface area contributed by atoms with Gasteiger partial charge in [-0.3, -0.25) is 10.1 Å². The van der Waals surface area contributed by atoms with Gasteiger partial charge in [0.25, 0.3) is 0 Å². The first-order valence-electron chi connectivity index (χ1n) is 8.87. The van der Waals surface area contributed by atoms with E-state index in [-0.39, 0.29) is 22.6 Å². The predicted octanol–water partition coefficient (Wildman–Crippen LogP) is 5.57. The number of aryl methyl sites for hydroxylation is 1. The zero-order valence-electron chi connectivity index (χ0n) is 15.2. The first kappa shape index (κ1) is 19.1. The van der Waals surface area contributed by atoms with Crippen molar-refractivity contribution < 1.29 is 24.0 Å². The fraction of sp³-hybridized carbons (Fsp3) is 0.143. The van der Waals surface area contributed by atoms with Crippen LogP contribution in [-0.4, -0.2) is 16.9 Å². The third-order valence-corrected chi connectivity index (χ3v) is 5.13. The smallest absolute Gasteiger partial charge is 0.346 e. The van der Waals surface area contributed by atoms with E-state index in [4.69, 9.17) is 9.47 Å². The summed E-state index contributed by atoms with van der Waals surface area (Å²) in [7, 11) is 0. The quantitative estimate of drug-likeness (QED) is 0.216. The zero-order valence-corrected chi connectivity index (χ0v) is 16.8. The number of esters is 2. The number of hydrogen-bond acceptors (Lipinski definition) is 6. The second kappa shape index (κ2) is 7.29. The lowest BCUT2D eigenvalue weighted by molar-refractivity contribution is -0.385. The molecule has 0 amide bonds. The summed E-state index contributed by atoms with van der Waals surface area (Å²) in [6.07, 6.45) is 1.57. The van der Waals surface area contributed by atoms with Crippen LogP contribution in [0.25, 0.3) is 10.8 Å². The summed E-state index contributed by atoms with van der Waals surface area (Å²) in [5.41, 5.74) is 1.23. The highest BCUT2D eigenvalue weighted by Crippen LogP contribution is 2.40. The summed E-state index contributed by atoms with van der Waals surface area (Å²) >= 11 is 3.22. The van der Waals surface area contributed by atoms with Gasteiger partial charge in [0.1, 0.15) is 5.75 Å². The summed E-state index contributed by atoms with van der Waals surface area (Å²) in [6, 6.07) is 11.1. The number of cyclic esters (lactones) is 2. The van der Waals surface area contributed by atoms with Crippen molar-refractivity contribution in [1.29, 1.82) is 0 Å². The molecule has 29 heavy (non-hydrogen) atoms. The van der Waals surface area contributed by atoms with Gasteiger partial charge in [0.2, 0.25) is 5.75 Å². The molecule has 0 atom stereocenters. The number of halogens is 1. The van der Waals surface area contributed by atoms with Crippen molar-refractivity contribution in [1.82, 2.24) is 0 Å². The maximum atomic E-state index is 12.3. The van der Waals surface area contributed by atoms with Gasteiger partial charge in [0, 0.05) is 21.3 Å². The minimum absolute atomic E-state index is 0.0562. The van der Waals surface area contributed by atoms with Gasteiger partial charge in [0.05, 0.1) is 16.1 Å². The van der Waals surface area contributed by atoms with Crippen LogP contribution in [0.2, 0.25) is 0 Å². The molecule has 146 valence electrons. The molecular weight excluding hydrogens is 442 g/mol. The van der Waals surface area contributed by atoms with Crippen LogP contribution in [0.5, 0.6) is 11.5 Å². The molecule has 0 aliphatic carbocycles. The number of nitrogens with zero attached hydrogens (tertiary/aromatic N) is 1. The summed E-state index contributed by atoms with van der Waals surface area (Å²) in [5, 5.41) is 12.4. The van der Waals surface area contributed by atoms with Crippen LogP contribution in [-0.2, 0) is 11.2 Å². The topological polar surface area (TPSA) is 95.7 Å². The SMILES string of the molecule is CCCc1cc2c3c(ccc(Oc4ccc(Br)cc4[N+](=O)[O-])c3c1)C(=O)OC2=O. The van der Waals surface area contributed by atoms with E-state index in [9.17, 15) is 19.7 Å². The van der Waals surface area contributed by atoms with E-state index >= 15 is 0 Å². The van der Waals surface area contributed by atoms with Crippen molar-refractivity contribution >= 4 is 44.3 Å². The molecule has 0 bridgehead atoms. The molecule has 1 aliphatic heterocycles. The normalized spacial score (nSPS) is 12.8. The predicted molar refractivity (Wildman–Crippen MR) is 109 cm³/mol. The number of ether oxygens (including phenoxy) is 2. The Morgan fingerprint density at radius 1 is 1.03 bits per heavy atom. The molecule has 0 saturated heterocycles. The fourth-order valence-corrected chi connectivity index (χ4v) is 3.75. The van der Waals surface area contributed by atoms with Crippen LogP contribution >= 0.6 is 15.9 Å². The van der Waals surface area contributed by atoms with Crippen LogP contribution in [0.15, 0.2) is 46.9 Å². The van der Waals surface area contributed by atoms with Crippen molar-refractivity contribution in [2.75, 3.05) is 0 Å². The Labute approximate surface area is 173 Å². The lowest BCUT2D eigenvalue weighted by Gasteiger charge is -2.19. The Morgan fingerprint density at radius 2 is 1.76 bits per heavy atom. The van der Waals surface area contributed by atoms with Gasteiger partial charge in [-0.25, -0.2) is 9.59 Å². The molecule has 0 fully saturated rings. The first-order valence-corrected chi connectivity index (χ1v) is 9.66. The monoisotopic (exact) mass is 455 g/mol. The van der Waals surface area contributed by atoms with Crippen LogP contribution in [0, 0.1) is 10.1 Å². The number of nitro benzene ring substituents is 1. The van der Waals surface area contributed by atoms with Crippen LogP contribution < -0.4 is 4.74 Å². The number of hydrogen-bond donors (Lipinski definition) is 0. The van der Waals surface area contributed by atoms with Gasteiger partial charge in [-0.05, 0) is 48.4 Å². The first-order chi connectivity index (χ1) is 13.9. The van der Waals surface area contributed by atoms with Crippen LogP contribution in [0.4, 0.5) is 5.69 Å². The molecule has 0 unspecified atom stereocenters. The number of benzene rings is 3. The Bertz CT molecular complexity index is 1200. The Kier molecular flexibility index (Phi) is 4.79. The largest absolute Gasteiger partial charge is 0.449 e. The molecule has 4 rings (SSSR count). The minimum atomic E-state index is -0.725. The number of nitro groups is 1. The average Bonchev–Trinajstić information content (AvgIpc) is 2.68. The lowest BCUT2D eigenvalue weighted by atomic mass is 9.93. The van der Waals surface area contributed by atoms with Crippen LogP contribution in [0.3, 0.4) is 0 Å². The second-order valence-corrected chi connectivity index (χ2v) is 7.49. The van der Waals surface area contributed by atoms with Crippen molar-refractivity contribution in [3.63, 3.8) is 0 Å². The molecule has 0 aromatic heterocycles. The summed E-state index contributed by atoms with van der Waals surface area (Å²) in [6.45, 7) is 2.01. The molecule has 1 aliphatic rings. The zero-order chi connectivity index (χ0) is 20.7. The molecule has 0 radical (unpaired) electrons. The van der Waals surface area contributed by atoms with Crippen molar-refractivity contribution in [2.45, 2.75) is 19.8 Å². The third-order valence-electron chi connectivity index (χ3n) is 4.64. The van der Waals surface area contributed by atoms with Gasteiger partial charge in [-0.15, -0.1) is 0 Å². The maximum absolute atomic E-state index is 12.3. The average molecular weight is 456 g/mol. The van der Waals surface area contributed by atoms with E-state index in [0.717, 1.165) is 12.0 Å². The summed E-state index contributed by atoms with van der Waals surface area (Å²) in [4.78, 5) is 35.4. The van der Waals surface area contributed by atoms with E-state index in [1.54, 1.807) is 18.2 Å². The maximum Gasteiger partial charge on any atom is 0.346 e. The van der Waals surface area contributed by atoms with Crippen molar-refractivity contribution in [3.05, 3.63) is 73.7 Å². The van der Waals surface area contributed by atoms with Crippen molar-refractivity contribution in [2.24, 2.45) is 0 Å². The molecule has 0 saturated carbocycles. The van der Waals surface area contributed by atoms with E-state index in [0.29, 0.717) is 27.4 Å². The number of rotatable bonds is 5. The second-order valence-electron chi connectivity index (χ2n) is 6.58. The third kappa shape index (κ3) is 3.36. The highest BCUT2D eigenvalue weighted by atomic mass is 79.9. The molecule has 8 heteroatoms. The standard InChI is InChI=1S/C21H14BrNO6/c1-2-3-11-8-14-17(28-18-6-4-12(22)10-16(18)23(26)27)7-5-13-19(14)15(9-11)21(25)29-20(13)24/h4-10H,2-3H2,1H3. The van der Waals surface area contributed by atoms with Gasteiger partial charge >= 0.3 is 17.6 Å². The molecule has 1 heterocycles. The van der Waals surface area contributed by atoms with Gasteiger partial charge in [-0.1, -0.05) is 29.3 Å². The van der Waals surface area contributed by atoms with E-state index < -0.39 is 16.9 Å². The molecule has 3 aromatic carbocycles. The van der Waals surface area contributed by atoms with Crippen LogP contribution in [0.1, 0.15) is 39.6 Å². The fourth-order valence-electron chi connectivity index (χ4n) is 3.40. The van der Waals surface area contributed by atoms with Gasteiger partial charge in [-0.2, -0.15) is 0 Å². The lowest BCUT2D eigenvalue weighted by Crippen LogP contribution is -2.20. The molecular formula is C21H14BrNO6. The molecule has 7 nitrogen and oxygen atoms in total. The van der Waals surface area contributed by atoms with E-state index in [2.05, 4.69) is 15.9 Å². The minimum Gasteiger partial charge on any atom is -0.449 e. The Balaban J connectivity index is 1.94. The number of carbonyl (C=O) groups is 2. The Hall–Kier alpha value is -3.26. The molecule has 0 N–H and O–H groups in total. The van der Waals surface area contributed by atoms with Crippen molar-refractivity contribution in [3.8, 4) is 11.5 Å². The molecule has 3 aromatic rings. The molecule has 0 spiro atoms. The summed E-state index contributed by atoms with van der Waals surface area (Å²) < 4.78 is 11.3. The highest BCUT2D eigenvalue weighted by molar-refractivity contribution is 9.10. The summed E-state index contributed by atoms with van der Waals surface area (Å²) in [5.74, 6) is -1.06. The highest BCUT2D eigenvalue weighted by Gasteiger charge is 2.29. The van der Waals surface area contributed by atoms with E-state index in [1.807, 2.05) is 13.0 Å². The Morgan fingerprint density at radius 3 is 2.48 bits per heavy atom. The number of carbonyl (C=O) groups excluding carboxylic acids is 2. The van der Waals surface area contributed by atoms with Gasteiger partial charge in [0.15, 0.2) is 0 Å². The van der Waals surface area contributed by atoms with E-state index in [1.165, 1.54) is 18.2 Å². The van der Waals surface area contributed by atoms with Gasteiger partial charge < -0.3 is 9.47 Å².